The maximum atomic E-state index is 13.7. The highest BCUT2D eigenvalue weighted by Gasteiger charge is 2.20. The van der Waals surface area contributed by atoms with Gasteiger partial charge in [-0.2, -0.15) is 4.99 Å². The zero-order valence-electron chi connectivity index (χ0n) is 17.0. The van der Waals surface area contributed by atoms with E-state index in [4.69, 9.17) is 34.7 Å². The van der Waals surface area contributed by atoms with Crippen molar-refractivity contribution in [1.29, 1.82) is 0 Å². The van der Waals surface area contributed by atoms with Crippen molar-refractivity contribution in [3.05, 3.63) is 69.5 Å². The first-order valence-corrected chi connectivity index (χ1v) is 10.9. The molecule has 0 heterocycles. The van der Waals surface area contributed by atoms with Crippen molar-refractivity contribution in [2.45, 2.75) is 50.4 Å². The Hall–Kier alpha value is -2.19. The molecule has 6 nitrogen and oxygen atoms in total. The molecular weight excluding hydrogens is 440 g/mol. The molecule has 6 N–H and O–H groups in total. The second kappa shape index (κ2) is 10.9. The number of carbonyl (C=O) groups is 1. The summed E-state index contributed by atoms with van der Waals surface area (Å²) < 4.78 is 13.7. The molecule has 0 saturated heterocycles. The van der Waals surface area contributed by atoms with Gasteiger partial charge in [-0.3, -0.25) is 4.79 Å². The third kappa shape index (κ3) is 6.90. The van der Waals surface area contributed by atoms with Crippen molar-refractivity contribution in [2.75, 3.05) is 0 Å². The Morgan fingerprint density at radius 1 is 1.13 bits per heavy atom. The van der Waals surface area contributed by atoms with Crippen molar-refractivity contribution < 1.29 is 9.18 Å². The Kier molecular flexibility index (Phi) is 8.26. The van der Waals surface area contributed by atoms with Crippen LogP contribution in [0.1, 0.15) is 54.1 Å². The minimum atomic E-state index is -0.674. The largest absolute Gasteiger partial charge is 0.353 e. The van der Waals surface area contributed by atoms with E-state index in [2.05, 4.69) is 15.6 Å². The highest BCUT2D eigenvalue weighted by atomic mass is 35.5. The van der Waals surface area contributed by atoms with Gasteiger partial charge in [0.1, 0.15) is 5.82 Å². The molecule has 0 spiro atoms. The lowest BCUT2D eigenvalue weighted by atomic mass is 10.0. The molecule has 0 aromatic heterocycles. The molecule has 2 atom stereocenters. The highest BCUT2D eigenvalue weighted by Crippen LogP contribution is 2.20. The SMILES string of the molecule is NC(CC(N)c1ccc(Cl)cc1)N/C(=N\C(=O)c1ccc(Cl)c(F)c1)NC1CCCC1. The number of rotatable bonds is 6. The highest BCUT2D eigenvalue weighted by molar-refractivity contribution is 6.31. The van der Waals surface area contributed by atoms with Crippen LogP contribution in [0.5, 0.6) is 0 Å². The normalized spacial score (nSPS) is 16.7. The molecular formula is C22H26Cl2FN5O. The van der Waals surface area contributed by atoms with Crippen LogP contribution in [0.15, 0.2) is 47.5 Å². The van der Waals surface area contributed by atoms with Crippen LogP contribution in [0, 0.1) is 5.82 Å². The summed E-state index contributed by atoms with van der Waals surface area (Å²) in [4.78, 5) is 16.7. The summed E-state index contributed by atoms with van der Waals surface area (Å²) in [5, 5.41) is 6.88. The van der Waals surface area contributed by atoms with E-state index in [9.17, 15) is 9.18 Å². The lowest BCUT2D eigenvalue weighted by molar-refractivity contribution is 0.100. The lowest BCUT2D eigenvalue weighted by Gasteiger charge is -2.23. The van der Waals surface area contributed by atoms with Crippen LogP contribution in [-0.2, 0) is 0 Å². The van der Waals surface area contributed by atoms with E-state index < -0.39 is 17.9 Å². The number of nitrogens with one attached hydrogen (secondary N) is 2. The molecule has 1 fully saturated rings. The Labute approximate surface area is 191 Å². The van der Waals surface area contributed by atoms with Crippen LogP contribution in [0.25, 0.3) is 0 Å². The summed E-state index contributed by atoms with van der Waals surface area (Å²) in [6.45, 7) is 0. The zero-order valence-corrected chi connectivity index (χ0v) is 18.5. The first kappa shape index (κ1) is 23.5. The van der Waals surface area contributed by atoms with Gasteiger partial charge in [0.25, 0.3) is 5.91 Å². The number of nitrogens with zero attached hydrogens (tertiary/aromatic N) is 1. The van der Waals surface area contributed by atoms with Crippen molar-refractivity contribution in [1.82, 2.24) is 10.6 Å². The minimum absolute atomic E-state index is 0.0545. The molecule has 1 saturated carbocycles. The molecule has 1 aliphatic rings. The van der Waals surface area contributed by atoms with Gasteiger partial charge >= 0.3 is 0 Å². The molecule has 1 aliphatic carbocycles. The number of amides is 1. The van der Waals surface area contributed by atoms with Crippen molar-refractivity contribution in [3.63, 3.8) is 0 Å². The fourth-order valence-corrected chi connectivity index (χ4v) is 3.76. The van der Waals surface area contributed by atoms with E-state index in [1.165, 1.54) is 12.1 Å². The van der Waals surface area contributed by atoms with Crippen LogP contribution >= 0.6 is 23.2 Å². The van der Waals surface area contributed by atoms with Gasteiger partial charge in [-0.25, -0.2) is 4.39 Å². The Morgan fingerprint density at radius 3 is 2.45 bits per heavy atom. The van der Waals surface area contributed by atoms with Gasteiger partial charge in [-0.15, -0.1) is 0 Å². The molecule has 3 rings (SSSR count). The molecule has 0 radical (unpaired) electrons. The third-order valence-corrected chi connectivity index (χ3v) is 5.76. The topological polar surface area (TPSA) is 106 Å². The maximum Gasteiger partial charge on any atom is 0.280 e. The van der Waals surface area contributed by atoms with Gasteiger partial charge in [0.15, 0.2) is 0 Å². The molecule has 9 heteroatoms. The summed E-state index contributed by atoms with van der Waals surface area (Å²) in [6.07, 6.45) is 4.00. The van der Waals surface area contributed by atoms with Gasteiger partial charge in [-0.1, -0.05) is 48.2 Å². The average Bonchev–Trinajstić information content (AvgIpc) is 3.23. The van der Waals surface area contributed by atoms with Gasteiger partial charge in [-0.05, 0) is 55.2 Å². The Balaban J connectivity index is 1.71. The number of hydrogen-bond acceptors (Lipinski definition) is 3. The van der Waals surface area contributed by atoms with Crippen LogP contribution < -0.4 is 22.1 Å². The van der Waals surface area contributed by atoms with E-state index in [0.29, 0.717) is 11.4 Å². The van der Waals surface area contributed by atoms with Crippen LogP contribution in [0.3, 0.4) is 0 Å². The zero-order chi connectivity index (χ0) is 22.4. The van der Waals surface area contributed by atoms with Gasteiger partial charge in [0.2, 0.25) is 5.96 Å². The summed E-state index contributed by atoms with van der Waals surface area (Å²) >= 11 is 11.6. The Morgan fingerprint density at radius 2 is 1.81 bits per heavy atom. The Bertz CT molecular complexity index is 932. The average molecular weight is 466 g/mol. The number of hydrogen-bond donors (Lipinski definition) is 4. The van der Waals surface area contributed by atoms with Crippen molar-refractivity contribution in [3.8, 4) is 0 Å². The first-order chi connectivity index (χ1) is 14.8. The standard InChI is InChI=1S/C22H26Cl2FN5O/c23-15-8-5-13(6-9-15)19(26)12-20(27)29-22(28-16-3-1-2-4-16)30-21(31)14-7-10-17(24)18(25)11-14/h5-11,16,19-20H,1-4,12,26-27H2,(H2,28,29,30,31). The van der Waals surface area contributed by atoms with E-state index in [-0.39, 0.29) is 28.6 Å². The summed E-state index contributed by atoms with van der Waals surface area (Å²) in [6, 6.07) is 10.9. The second-order valence-electron chi connectivity index (χ2n) is 7.66. The third-order valence-electron chi connectivity index (χ3n) is 5.20. The van der Waals surface area contributed by atoms with Crippen LogP contribution in [0.2, 0.25) is 10.0 Å². The quantitative estimate of drug-likeness (QED) is 0.291. The number of carbonyl (C=O) groups excluding carboxylic acids is 1. The van der Waals surface area contributed by atoms with Gasteiger partial charge in [0.05, 0.1) is 11.2 Å². The fraction of sp³-hybridized carbons (Fsp3) is 0.364. The lowest BCUT2D eigenvalue weighted by Crippen LogP contribution is -2.51. The molecule has 2 aromatic rings. The number of guanidine groups is 1. The van der Waals surface area contributed by atoms with Crippen molar-refractivity contribution >= 4 is 35.1 Å². The number of nitrogens with two attached hydrogens (primary N) is 2. The van der Waals surface area contributed by atoms with Crippen LogP contribution in [0.4, 0.5) is 4.39 Å². The summed E-state index contributed by atoms with van der Waals surface area (Å²) in [5.41, 5.74) is 13.5. The number of halogens is 3. The molecule has 0 aliphatic heterocycles. The second-order valence-corrected chi connectivity index (χ2v) is 8.51. The summed E-state index contributed by atoms with van der Waals surface area (Å²) in [7, 11) is 0. The van der Waals surface area contributed by atoms with E-state index in [1.807, 2.05) is 12.1 Å². The van der Waals surface area contributed by atoms with E-state index in [0.717, 1.165) is 37.3 Å². The van der Waals surface area contributed by atoms with Gasteiger partial charge < -0.3 is 22.1 Å². The van der Waals surface area contributed by atoms with E-state index >= 15 is 0 Å². The minimum Gasteiger partial charge on any atom is -0.353 e. The number of aliphatic imine (C=N–C) groups is 1. The van der Waals surface area contributed by atoms with E-state index in [1.54, 1.807) is 12.1 Å². The maximum absolute atomic E-state index is 13.7. The predicted molar refractivity (Wildman–Crippen MR) is 123 cm³/mol. The number of benzene rings is 2. The predicted octanol–water partition coefficient (Wildman–Crippen LogP) is 4.13. The van der Waals surface area contributed by atoms with Crippen molar-refractivity contribution in [2.24, 2.45) is 16.5 Å². The molecule has 2 unspecified atom stereocenters. The van der Waals surface area contributed by atoms with Crippen LogP contribution in [-0.4, -0.2) is 24.1 Å². The molecule has 31 heavy (non-hydrogen) atoms. The molecule has 1 amide bonds. The molecule has 166 valence electrons. The summed E-state index contributed by atoms with van der Waals surface area (Å²) in [5.74, 6) is -1.02. The smallest absolute Gasteiger partial charge is 0.280 e. The fourth-order valence-electron chi connectivity index (χ4n) is 3.52. The first-order valence-electron chi connectivity index (χ1n) is 10.2. The molecule has 0 bridgehead atoms. The van der Waals surface area contributed by atoms with Gasteiger partial charge in [0, 0.05) is 22.7 Å². The molecule has 2 aromatic carbocycles. The monoisotopic (exact) mass is 465 g/mol.